The molecule has 0 unspecified atom stereocenters. The van der Waals surface area contributed by atoms with Crippen molar-refractivity contribution in [3.63, 3.8) is 0 Å². The van der Waals surface area contributed by atoms with Gasteiger partial charge in [-0.15, -0.1) is 11.3 Å². The van der Waals surface area contributed by atoms with Gasteiger partial charge in [0.2, 0.25) is 5.95 Å². The Bertz CT molecular complexity index is 3460. The SMILES string of the molecule is c1ccc(-c2cc3oc4c(ccc5c4c4ccccc4n5-c4nc(-c5ccc6ccccc6c5)c5sc6ccccc6c5n4)c3c3ccccc23)cc1. The molecule has 0 saturated heterocycles. The lowest BCUT2D eigenvalue weighted by Crippen LogP contribution is -2.02. The van der Waals surface area contributed by atoms with E-state index in [9.17, 15) is 0 Å². The van der Waals surface area contributed by atoms with Crippen molar-refractivity contribution in [1.29, 1.82) is 0 Å². The van der Waals surface area contributed by atoms with E-state index in [1.165, 1.54) is 31.8 Å². The lowest BCUT2D eigenvalue weighted by atomic mass is 9.95. The molecule has 0 atom stereocenters. The Morgan fingerprint density at radius 1 is 0.491 bits per heavy atom. The van der Waals surface area contributed by atoms with Gasteiger partial charge < -0.3 is 4.42 Å². The summed E-state index contributed by atoms with van der Waals surface area (Å²) in [5.41, 5.74) is 9.11. The first-order chi connectivity index (χ1) is 26.3. The number of para-hydroxylation sites is 1. The van der Waals surface area contributed by atoms with E-state index in [4.69, 9.17) is 14.4 Å². The minimum absolute atomic E-state index is 0.641. The summed E-state index contributed by atoms with van der Waals surface area (Å²) < 4.78 is 11.5. The molecule has 246 valence electrons. The second kappa shape index (κ2) is 10.8. The Morgan fingerprint density at radius 3 is 2.11 bits per heavy atom. The summed E-state index contributed by atoms with van der Waals surface area (Å²) in [6, 6.07) is 58.1. The van der Waals surface area contributed by atoms with Gasteiger partial charge in [-0.05, 0) is 69.1 Å². The predicted molar refractivity (Wildman–Crippen MR) is 222 cm³/mol. The highest BCUT2D eigenvalue weighted by Gasteiger charge is 2.24. The van der Waals surface area contributed by atoms with Crippen molar-refractivity contribution < 1.29 is 4.42 Å². The van der Waals surface area contributed by atoms with Gasteiger partial charge in [-0.1, -0.05) is 127 Å². The maximum absolute atomic E-state index is 6.99. The van der Waals surface area contributed by atoms with Crippen molar-refractivity contribution >= 4 is 96.9 Å². The average molecular weight is 694 g/mol. The molecule has 12 rings (SSSR count). The number of benzene rings is 8. The van der Waals surface area contributed by atoms with E-state index in [0.717, 1.165) is 76.2 Å². The number of thiophene rings is 1. The summed E-state index contributed by atoms with van der Waals surface area (Å²) in [5.74, 6) is 0.641. The van der Waals surface area contributed by atoms with Crippen LogP contribution >= 0.6 is 11.3 Å². The van der Waals surface area contributed by atoms with Gasteiger partial charge in [0.05, 0.1) is 32.3 Å². The highest BCUT2D eigenvalue weighted by atomic mass is 32.1. The first kappa shape index (κ1) is 28.8. The lowest BCUT2D eigenvalue weighted by Gasteiger charge is -2.10. The third kappa shape index (κ3) is 4.11. The van der Waals surface area contributed by atoms with Gasteiger partial charge in [-0.25, -0.2) is 9.97 Å². The second-order valence-electron chi connectivity index (χ2n) is 13.7. The van der Waals surface area contributed by atoms with Crippen LogP contribution in [0.2, 0.25) is 0 Å². The van der Waals surface area contributed by atoms with Crippen molar-refractivity contribution in [2.75, 3.05) is 0 Å². The summed E-state index contributed by atoms with van der Waals surface area (Å²) in [7, 11) is 0. The molecule has 0 amide bonds. The first-order valence-electron chi connectivity index (χ1n) is 17.8. The molecule has 0 spiro atoms. The van der Waals surface area contributed by atoms with Gasteiger partial charge in [-0.3, -0.25) is 4.57 Å². The number of fused-ring (bicyclic) bond motifs is 13. The molecule has 4 nitrogen and oxygen atoms in total. The predicted octanol–water partition coefficient (Wildman–Crippen LogP) is 13.5. The molecule has 0 fully saturated rings. The standard InChI is InChI=1S/C48H27N3OS/c1-2-13-29(14-3-1)37-27-40-42(33-17-7-6-16-32(33)37)36-24-25-39-43(46(36)52-40)34-18-8-10-20-38(34)51(39)48-49-44(31-23-22-28-12-4-5-15-30(28)26-31)47-45(50-48)35-19-9-11-21-41(35)53-47/h1-27H. The van der Waals surface area contributed by atoms with Gasteiger partial charge in [0.15, 0.2) is 0 Å². The van der Waals surface area contributed by atoms with E-state index in [2.05, 4.69) is 168 Å². The molecule has 4 aromatic heterocycles. The molecular formula is C48H27N3OS. The van der Waals surface area contributed by atoms with Crippen LogP contribution in [0, 0.1) is 0 Å². The van der Waals surface area contributed by atoms with Gasteiger partial charge in [0.1, 0.15) is 11.2 Å². The number of aromatic nitrogens is 3. The Labute approximate surface area is 306 Å². The third-order valence-electron chi connectivity index (χ3n) is 10.8. The van der Waals surface area contributed by atoms with E-state index >= 15 is 0 Å². The molecule has 4 heterocycles. The fourth-order valence-corrected chi connectivity index (χ4v) is 9.59. The Kier molecular flexibility index (Phi) is 5.90. The topological polar surface area (TPSA) is 43.9 Å². The van der Waals surface area contributed by atoms with E-state index < -0.39 is 0 Å². The Hall–Kier alpha value is -6.82. The Balaban J connectivity index is 1.18. The van der Waals surface area contributed by atoms with E-state index in [-0.39, 0.29) is 0 Å². The molecule has 0 saturated carbocycles. The van der Waals surface area contributed by atoms with Crippen LogP contribution in [0.15, 0.2) is 168 Å². The van der Waals surface area contributed by atoms with Crippen LogP contribution in [0.1, 0.15) is 0 Å². The number of hydrogen-bond acceptors (Lipinski definition) is 4. The minimum atomic E-state index is 0.641. The summed E-state index contributed by atoms with van der Waals surface area (Å²) in [5, 5.41) is 10.3. The maximum Gasteiger partial charge on any atom is 0.235 e. The highest BCUT2D eigenvalue weighted by Crippen LogP contribution is 2.45. The van der Waals surface area contributed by atoms with E-state index in [1.54, 1.807) is 11.3 Å². The number of nitrogens with zero attached hydrogens (tertiary/aromatic N) is 3. The molecule has 0 N–H and O–H groups in total. The van der Waals surface area contributed by atoms with Crippen molar-refractivity contribution in [3.8, 4) is 28.3 Å². The zero-order valence-corrected chi connectivity index (χ0v) is 29.1. The summed E-state index contributed by atoms with van der Waals surface area (Å²) in [6.45, 7) is 0. The molecule has 12 aromatic rings. The van der Waals surface area contributed by atoms with Gasteiger partial charge in [-0.2, -0.15) is 0 Å². The zero-order chi connectivity index (χ0) is 34.6. The second-order valence-corrected chi connectivity index (χ2v) is 14.8. The van der Waals surface area contributed by atoms with Gasteiger partial charge in [0.25, 0.3) is 0 Å². The molecule has 0 bridgehead atoms. The van der Waals surface area contributed by atoms with Crippen molar-refractivity contribution in [2.45, 2.75) is 0 Å². The van der Waals surface area contributed by atoms with Crippen molar-refractivity contribution in [1.82, 2.24) is 14.5 Å². The maximum atomic E-state index is 6.99. The van der Waals surface area contributed by atoms with Crippen LogP contribution in [-0.2, 0) is 0 Å². The third-order valence-corrected chi connectivity index (χ3v) is 12.0. The monoisotopic (exact) mass is 693 g/mol. The van der Waals surface area contributed by atoms with Crippen LogP contribution in [-0.4, -0.2) is 14.5 Å². The smallest absolute Gasteiger partial charge is 0.235 e. The lowest BCUT2D eigenvalue weighted by molar-refractivity contribution is 0.673. The molecule has 8 aromatic carbocycles. The number of hydrogen-bond donors (Lipinski definition) is 0. The molecule has 0 radical (unpaired) electrons. The average Bonchev–Trinajstić information content (AvgIpc) is 3.90. The zero-order valence-electron chi connectivity index (χ0n) is 28.2. The fourth-order valence-electron chi connectivity index (χ4n) is 8.43. The molecule has 0 aliphatic carbocycles. The van der Waals surface area contributed by atoms with Crippen LogP contribution < -0.4 is 0 Å². The highest BCUT2D eigenvalue weighted by molar-refractivity contribution is 7.26. The fraction of sp³-hybridized carbons (Fsp3) is 0. The Morgan fingerprint density at radius 2 is 1.23 bits per heavy atom. The number of rotatable bonds is 3. The molecule has 0 aliphatic rings. The quantitative estimate of drug-likeness (QED) is 0.185. The minimum Gasteiger partial charge on any atom is -0.455 e. The molecular weight excluding hydrogens is 667 g/mol. The van der Waals surface area contributed by atoms with Crippen molar-refractivity contribution in [2.24, 2.45) is 0 Å². The van der Waals surface area contributed by atoms with Crippen LogP contribution in [0.4, 0.5) is 0 Å². The summed E-state index contributed by atoms with van der Waals surface area (Å²) >= 11 is 1.76. The molecule has 0 aliphatic heterocycles. The van der Waals surface area contributed by atoms with E-state index in [0.29, 0.717) is 5.95 Å². The van der Waals surface area contributed by atoms with Crippen LogP contribution in [0.5, 0.6) is 0 Å². The largest absolute Gasteiger partial charge is 0.455 e. The van der Waals surface area contributed by atoms with Crippen molar-refractivity contribution in [3.05, 3.63) is 164 Å². The summed E-state index contributed by atoms with van der Waals surface area (Å²) in [4.78, 5) is 10.9. The van der Waals surface area contributed by atoms with E-state index in [1.807, 2.05) is 0 Å². The first-order valence-corrected chi connectivity index (χ1v) is 18.6. The van der Waals surface area contributed by atoms with Gasteiger partial charge >= 0.3 is 0 Å². The number of furan rings is 1. The molecule has 53 heavy (non-hydrogen) atoms. The van der Waals surface area contributed by atoms with Crippen LogP contribution in [0.25, 0.3) is 114 Å². The normalized spacial score (nSPS) is 12.2. The van der Waals surface area contributed by atoms with Crippen LogP contribution in [0.3, 0.4) is 0 Å². The van der Waals surface area contributed by atoms with Gasteiger partial charge in [0, 0.05) is 31.8 Å². The summed E-state index contributed by atoms with van der Waals surface area (Å²) in [6.07, 6.45) is 0. The molecule has 5 heteroatoms.